The molecule has 2 heterocycles. The van der Waals surface area contributed by atoms with Crippen molar-refractivity contribution in [1.29, 1.82) is 0 Å². The van der Waals surface area contributed by atoms with E-state index in [9.17, 15) is 9.90 Å². The van der Waals surface area contributed by atoms with E-state index < -0.39 is 0 Å². The van der Waals surface area contributed by atoms with E-state index >= 15 is 0 Å². The SMILES string of the molecule is CCNC(=NCCC(=O)N1CCCC(C)C1)N1CCN(c2ccccc2O)CC1.I. The van der Waals surface area contributed by atoms with Gasteiger partial charge in [-0.25, -0.2) is 0 Å². The number of benzene rings is 1. The van der Waals surface area contributed by atoms with Gasteiger partial charge in [-0.1, -0.05) is 19.1 Å². The number of phenols is 1. The first kappa shape index (κ1) is 24.6. The van der Waals surface area contributed by atoms with Gasteiger partial charge < -0.3 is 25.1 Å². The predicted molar refractivity (Wildman–Crippen MR) is 133 cm³/mol. The minimum atomic E-state index is 0. The summed E-state index contributed by atoms with van der Waals surface area (Å²) in [4.78, 5) is 23.7. The van der Waals surface area contributed by atoms with Crippen LogP contribution in [0.1, 0.15) is 33.1 Å². The third-order valence-corrected chi connectivity index (χ3v) is 5.73. The topological polar surface area (TPSA) is 71.4 Å². The van der Waals surface area contributed by atoms with Crippen molar-refractivity contribution < 1.29 is 9.90 Å². The Morgan fingerprint density at radius 2 is 1.90 bits per heavy atom. The number of amides is 1. The largest absolute Gasteiger partial charge is 0.506 e. The number of carbonyl (C=O) groups excluding carboxylic acids is 1. The Kier molecular flexibility index (Phi) is 10.0. The van der Waals surface area contributed by atoms with Gasteiger partial charge in [0, 0.05) is 52.2 Å². The molecule has 0 aliphatic carbocycles. The van der Waals surface area contributed by atoms with Crippen molar-refractivity contribution in [2.45, 2.75) is 33.1 Å². The van der Waals surface area contributed by atoms with Gasteiger partial charge in [0.2, 0.25) is 5.91 Å². The molecule has 2 N–H and O–H groups in total. The number of hydrogen-bond donors (Lipinski definition) is 2. The molecule has 1 amide bonds. The molecule has 1 aromatic carbocycles. The van der Waals surface area contributed by atoms with Crippen LogP contribution in [0.5, 0.6) is 5.75 Å². The second-order valence-corrected chi connectivity index (χ2v) is 8.04. The van der Waals surface area contributed by atoms with E-state index in [1.54, 1.807) is 6.07 Å². The molecule has 2 saturated heterocycles. The summed E-state index contributed by atoms with van der Waals surface area (Å²) in [5.74, 6) is 2.03. The molecule has 3 rings (SSSR count). The normalized spacial score (nSPS) is 20.0. The van der Waals surface area contributed by atoms with Crippen LogP contribution >= 0.6 is 24.0 Å². The summed E-state index contributed by atoms with van der Waals surface area (Å²) in [7, 11) is 0. The second kappa shape index (κ2) is 12.2. The molecule has 1 atom stereocenters. The van der Waals surface area contributed by atoms with Crippen molar-refractivity contribution in [2.75, 3.05) is 57.3 Å². The Morgan fingerprint density at radius 1 is 1.17 bits per heavy atom. The molecule has 2 aliphatic heterocycles. The minimum Gasteiger partial charge on any atom is -0.506 e. The highest BCUT2D eigenvalue weighted by molar-refractivity contribution is 14.0. The fourth-order valence-corrected chi connectivity index (χ4v) is 4.15. The lowest BCUT2D eigenvalue weighted by molar-refractivity contribution is -0.132. The highest BCUT2D eigenvalue weighted by Crippen LogP contribution is 2.27. The molecule has 0 radical (unpaired) electrons. The fourth-order valence-electron chi connectivity index (χ4n) is 4.15. The second-order valence-electron chi connectivity index (χ2n) is 8.04. The van der Waals surface area contributed by atoms with E-state index in [1.165, 1.54) is 6.42 Å². The number of piperidine rings is 1. The first-order valence-electron chi connectivity index (χ1n) is 10.9. The van der Waals surface area contributed by atoms with Crippen LogP contribution in [0.4, 0.5) is 5.69 Å². The van der Waals surface area contributed by atoms with Crippen molar-refractivity contribution >= 4 is 41.5 Å². The zero-order valence-electron chi connectivity index (χ0n) is 18.2. The summed E-state index contributed by atoms with van der Waals surface area (Å²) in [5, 5.41) is 13.4. The number of aliphatic imine (C=N–C) groups is 1. The van der Waals surface area contributed by atoms with E-state index in [2.05, 4.69) is 29.0 Å². The van der Waals surface area contributed by atoms with E-state index in [0.717, 1.165) is 63.9 Å². The molecule has 0 spiro atoms. The molecule has 30 heavy (non-hydrogen) atoms. The number of guanidine groups is 1. The van der Waals surface area contributed by atoms with Gasteiger partial charge in [-0.15, -0.1) is 24.0 Å². The quantitative estimate of drug-likeness (QED) is 0.349. The number of anilines is 1. The molecule has 0 aromatic heterocycles. The molecule has 2 aliphatic rings. The summed E-state index contributed by atoms with van der Waals surface area (Å²) in [5.41, 5.74) is 0.885. The number of carbonyl (C=O) groups is 1. The van der Waals surface area contributed by atoms with Gasteiger partial charge in [-0.3, -0.25) is 9.79 Å². The maximum atomic E-state index is 12.5. The summed E-state index contributed by atoms with van der Waals surface area (Å²) in [6.45, 7) is 10.7. The van der Waals surface area contributed by atoms with Crippen LogP contribution in [0.3, 0.4) is 0 Å². The summed E-state index contributed by atoms with van der Waals surface area (Å²) in [6.07, 6.45) is 2.80. The smallest absolute Gasteiger partial charge is 0.224 e. The highest BCUT2D eigenvalue weighted by Gasteiger charge is 2.22. The third kappa shape index (κ3) is 6.65. The van der Waals surface area contributed by atoms with Crippen LogP contribution in [-0.4, -0.2) is 79.1 Å². The standard InChI is InChI=1S/C22H35N5O2.HI/c1-3-23-22(24-11-10-21(29)27-12-6-7-18(2)17-27)26-15-13-25(14-16-26)19-8-4-5-9-20(19)28;/h4-5,8-9,18,28H,3,6-7,10-17H2,1-2H3,(H,23,24);1H. The summed E-state index contributed by atoms with van der Waals surface area (Å²) in [6, 6.07) is 7.48. The van der Waals surface area contributed by atoms with Gasteiger partial charge in [-0.05, 0) is 37.8 Å². The number of nitrogens with one attached hydrogen (secondary N) is 1. The molecular formula is C22H36IN5O2. The summed E-state index contributed by atoms with van der Waals surface area (Å²) < 4.78 is 0. The Hall–Kier alpha value is -1.71. The maximum Gasteiger partial charge on any atom is 0.224 e. The lowest BCUT2D eigenvalue weighted by Crippen LogP contribution is -2.52. The average Bonchev–Trinajstić information content (AvgIpc) is 2.73. The maximum absolute atomic E-state index is 12.5. The zero-order chi connectivity index (χ0) is 20.6. The van der Waals surface area contributed by atoms with Crippen LogP contribution in [0, 0.1) is 5.92 Å². The van der Waals surface area contributed by atoms with Gasteiger partial charge >= 0.3 is 0 Å². The van der Waals surface area contributed by atoms with Crippen molar-refractivity contribution in [3.63, 3.8) is 0 Å². The monoisotopic (exact) mass is 529 g/mol. The first-order valence-corrected chi connectivity index (χ1v) is 10.9. The predicted octanol–water partition coefficient (Wildman–Crippen LogP) is 2.75. The van der Waals surface area contributed by atoms with Gasteiger partial charge in [-0.2, -0.15) is 0 Å². The Labute approximate surface area is 197 Å². The van der Waals surface area contributed by atoms with E-state index in [4.69, 9.17) is 4.99 Å². The summed E-state index contributed by atoms with van der Waals surface area (Å²) >= 11 is 0. The number of halogens is 1. The number of nitrogens with zero attached hydrogens (tertiary/aromatic N) is 4. The minimum absolute atomic E-state index is 0. The molecule has 7 nitrogen and oxygen atoms in total. The number of piperazine rings is 1. The van der Waals surface area contributed by atoms with Crippen molar-refractivity contribution in [3.05, 3.63) is 24.3 Å². The average molecular weight is 529 g/mol. The molecule has 8 heteroatoms. The third-order valence-electron chi connectivity index (χ3n) is 5.73. The fraction of sp³-hybridized carbons (Fsp3) is 0.636. The van der Waals surface area contributed by atoms with Crippen molar-refractivity contribution in [2.24, 2.45) is 10.9 Å². The number of likely N-dealkylation sites (tertiary alicyclic amines) is 1. The molecule has 1 unspecified atom stereocenters. The lowest BCUT2D eigenvalue weighted by atomic mass is 10.00. The van der Waals surface area contributed by atoms with E-state index in [-0.39, 0.29) is 29.9 Å². The van der Waals surface area contributed by atoms with E-state index in [1.807, 2.05) is 23.1 Å². The number of aromatic hydroxyl groups is 1. The van der Waals surface area contributed by atoms with E-state index in [0.29, 0.717) is 24.6 Å². The molecular weight excluding hydrogens is 493 g/mol. The zero-order valence-corrected chi connectivity index (χ0v) is 20.5. The van der Waals surface area contributed by atoms with Crippen LogP contribution in [-0.2, 0) is 4.79 Å². The molecule has 0 bridgehead atoms. The Balaban J connectivity index is 0.00000320. The van der Waals surface area contributed by atoms with Gasteiger partial charge in [0.1, 0.15) is 5.75 Å². The molecule has 168 valence electrons. The Bertz CT molecular complexity index is 707. The van der Waals surface area contributed by atoms with Crippen LogP contribution < -0.4 is 10.2 Å². The lowest BCUT2D eigenvalue weighted by Gasteiger charge is -2.38. The van der Waals surface area contributed by atoms with Crippen LogP contribution in [0.15, 0.2) is 29.3 Å². The molecule has 2 fully saturated rings. The van der Waals surface area contributed by atoms with Crippen LogP contribution in [0.25, 0.3) is 0 Å². The first-order chi connectivity index (χ1) is 14.1. The van der Waals surface area contributed by atoms with Gasteiger partial charge in [0.05, 0.1) is 12.2 Å². The molecule has 1 aromatic rings. The van der Waals surface area contributed by atoms with Gasteiger partial charge in [0.25, 0.3) is 0 Å². The number of hydrogen-bond acceptors (Lipinski definition) is 4. The molecule has 0 saturated carbocycles. The van der Waals surface area contributed by atoms with Crippen molar-refractivity contribution in [3.8, 4) is 5.75 Å². The number of para-hydroxylation sites is 2. The number of rotatable bonds is 5. The Morgan fingerprint density at radius 3 is 2.57 bits per heavy atom. The van der Waals surface area contributed by atoms with Gasteiger partial charge in [0.15, 0.2) is 5.96 Å². The highest BCUT2D eigenvalue weighted by atomic mass is 127. The van der Waals surface area contributed by atoms with Crippen molar-refractivity contribution in [1.82, 2.24) is 15.1 Å². The number of phenolic OH excluding ortho intramolecular Hbond substituents is 1. The van der Waals surface area contributed by atoms with Crippen LogP contribution in [0.2, 0.25) is 0 Å².